The van der Waals surface area contributed by atoms with Gasteiger partial charge in [0.25, 0.3) is 5.69 Å². The first kappa shape index (κ1) is 23.9. The topological polar surface area (TPSA) is 119 Å². The average molecular weight is 448 g/mol. The van der Waals surface area contributed by atoms with Crippen LogP contribution in [0.4, 0.5) is 17.1 Å². The van der Waals surface area contributed by atoms with Crippen LogP contribution in [0.3, 0.4) is 0 Å². The molecule has 0 radical (unpaired) electrons. The van der Waals surface area contributed by atoms with E-state index in [1.54, 1.807) is 44.2 Å². The monoisotopic (exact) mass is 447 g/mol. The Kier molecular flexibility index (Phi) is 7.76. The molecular weight excluding hydrogens is 422 g/mol. The van der Waals surface area contributed by atoms with Crippen molar-refractivity contribution < 1.29 is 22.9 Å². The zero-order valence-electron chi connectivity index (χ0n) is 17.6. The van der Waals surface area contributed by atoms with Crippen molar-refractivity contribution in [3.8, 4) is 5.75 Å². The van der Waals surface area contributed by atoms with Crippen molar-refractivity contribution in [3.63, 3.8) is 0 Å². The molecule has 0 fully saturated rings. The van der Waals surface area contributed by atoms with Crippen molar-refractivity contribution in [1.29, 1.82) is 0 Å². The van der Waals surface area contributed by atoms with Crippen LogP contribution >= 0.6 is 0 Å². The smallest absolute Gasteiger partial charge is 0.271 e. The summed E-state index contributed by atoms with van der Waals surface area (Å²) in [6.07, 6.45) is 2.73. The lowest BCUT2D eigenvalue weighted by atomic mass is 10.1. The molecule has 0 aromatic heterocycles. The molecule has 1 amide bonds. The van der Waals surface area contributed by atoms with Crippen LogP contribution in [-0.4, -0.2) is 38.2 Å². The summed E-state index contributed by atoms with van der Waals surface area (Å²) in [4.78, 5) is 23.6. The molecule has 10 heteroatoms. The lowest BCUT2D eigenvalue weighted by Crippen LogP contribution is -2.47. The third kappa shape index (κ3) is 6.05. The number of non-ortho nitro benzene ring substituents is 1. The van der Waals surface area contributed by atoms with E-state index in [9.17, 15) is 23.3 Å². The fourth-order valence-electron chi connectivity index (χ4n) is 3.00. The number of sulfonamides is 1. The minimum Gasteiger partial charge on any atom is -0.490 e. The van der Waals surface area contributed by atoms with Crippen LogP contribution in [0.1, 0.15) is 18.9 Å². The SMILES string of the molecule is C=CCOc1ccc(NC(=O)[C@@H](CC)N(c2cc([N+](=O)[O-])ccc2C)S(C)(=O)=O)cc1. The van der Waals surface area contributed by atoms with E-state index < -0.39 is 26.9 Å². The van der Waals surface area contributed by atoms with Crippen molar-refractivity contribution in [3.05, 3.63) is 70.8 Å². The van der Waals surface area contributed by atoms with Crippen LogP contribution < -0.4 is 14.4 Å². The van der Waals surface area contributed by atoms with Crippen LogP contribution in [0.2, 0.25) is 0 Å². The van der Waals surface area contributed by atoms with Gasteiger partial charge in [0, 0.05) is 17.8 Å². The number of benzene rings is 2. The maximum atomic E-state index is 13.0. The van der Waals surface area contributed by atoms with E-state index in [0.717, 1.165) is 16.6 Å². The molecule has 0 spiro atoms. The summed E-state index contributed by atoms with van der Waals surface area (Å²) in [7, 11) is -3.93. The highest BCUT2D eigenvalue weighted by atomic mass is 32.2. The van der Waals surface area contributed by atoms with E-state index in [-0.39, 0.29) is 17.8 Å². The predicted molar refractivity (Wildman–Crippen MR) is 120 cm³/mol. The van der Waals surface area contributed by atoms with E-state index in [1.165, 1.54) is 12.1 Å². The van der Waals surface area contributed by atoms with Gasteiger partial charge in [-0.05, 0) is 43.2 Å². The fourth-order valence-corrected chi connectivity index (χ4v) is 4.26. The molecule has 0 heterocycles. The molecule has 0 aliphatic rings. The molecule has 0 aliphatic carbocycles. The number of aryl methyl sites for hydroxylation is 1. The van der Waals surface area contributed by atoms with Gasteiger partial charge in [-0.3, -0.25) is 19.2 Å². The molecule has 2 aromatic rings. The summed E-state index contributed by atoms with van der Waals surface area (Å²) in [5.41, 5.74) is 0.774. The third-order valence-corrected chi connectivity index (χ3v) is 5.63. The minimum atomic E-state index is -3.93. The summed E-state index contributed by atoms with van der Waals surface area (Å²) < 4.78 is 31.6. The third-order valence-electron chi connectivity index (χ3n) is 4.46. The van der Waals surface area contributed by atoms with E-state index >= 15 is 0 Å². The van der Waals surface area contributed by atoms with Crippen LogP contribution in [-0.2, 0) is 14.8 Å². The highest BCUT2D eigenvalue weighted by molar-refractivity contribution is 7.92. The molecule has 9 nitrogen and oxygen atoms in total. The number of nitro benzene ring substituents is 1. The number of nitro groups is 1. The second kappa shape index (κ2) is 10.1. The average Bonchev–Trinajstić information content (AvgIpc) is 2.71. The number of nitrogens with zero attached hydrogens (tertiary/aromatic N) is 2. The summed E-state index contributed by atoms with van der Waals surface area (Å²) in [5, 5.41) is 13.9. The van der Waals surface area contributed by atoms with Crippen molar-refractivity contribution in [2.75, 3.05) is 22.5 Å². The maximum Gasteiger partial charge on any atom is 0.271 e. The first-order valence-corrected chi connectivity index (χ1v) is 11.3. The number of carbonyl (C=O) groups is 1. The number of carbonyl (C=O) groups excluding carboxylic acids is 1. The Morgan fingerprint density at radius 1 is 1.29 bits per heavy atom. The molecule has 2 rings (SSSR count). The highest BCUT2D eigenvalue weighted by Crippen LogP contribution is 2.30. The van der Waals surface area contributed by atoms with Crippen molar-refractivity contribution in [2.45, 2.75) is 26.3 Å². The lowest BCUT2D eigenvalue weighted by Gasteiger charge is -2.31. The largest absolute Gasteiger partial charge is 0.490 e. The van der Waals surface area contributed by atoms with Gasteiger partial charge >= 0.3 is 0 Å². The zero-order valence-corrected chi connectivity index (χ0v) is 18.4. The number of hydrogen-bond acceptors (Lipinski definition) is 6. The molecule has 31 heavy (non-hydrogen) atoms. The van der Waals surface area contributed by atoms with Gasteiger partial charge in [0.1, 0.15) is 18.4 Å². The van der Waals surface area contributed by atoms with E-state index in [2.05, 4.69) is 11.9 Å². The van der Waals surface area contributed by atoms with Gasteiger partial charge in [0.2, 0.25) is 15.9 Å². The molecule has 0 aliphatic heterocycles. The molecule has 0 saturated heterocycles. The Bertz CT molecular complexity index is 1070. The van der Waals surface area contributed by atoms with Crippen LogP contribution in [0, 0.1) is 17.0 Å². The van der Waals surface area contributed by atoms with E-state index in [4.69, 9.17) is 4.74 Å². The fraction of sp³-hybridized carbons (Fsp3) is 0.286. The first-order chi connectivity index (χ1) is 14.6. The molecule has 0 saturated carbocycles. The highest BCUT2D eigenvalue weighted by Gasteiger charge is 2.33. The molecule has 0 unspecified atom stereocenters. The number of amides is 1. The zero-order chi connectivity index (χ0) is 23.2. The van der Waals surface area contributed by atoms with E-state index in [1.807, 2.05) is 0 Å². The normalized spacial score (nSPS) is 12.0. The molecule has 166 valence electrons. The van der Waals surface area contributed by atoms with Gasteiger partial charge in [0.15, 0.2) is 0 Å². The molecule has 2 aromatic carbocycles. The Morgan fingerprint density at radius 3 is 2.45 bits per heavy atom. The summed E-state index contributed by atoms with van der Waals surface area (Å²) in [6.45, 7) is 7.21. The molecule has 1 atom stereocenters. The van der Waals surface area contributed by atoms with E-state index in [0.29, 0.717) is 23.6 Å². The Hall–Kier alpha value is -3.40. The van der Waals surface area contributed by atoms with Crippen LogP contribution in [0.5, 0.6) is 5.75 Å². The Morgan fingerprint density at radius 2 is 1.94 bits per heavy atom. The summed E-state index contributed by atoms with van der Waals surface area (Å²) >= 11 is 0. The second-order valence-corrected chi connectivity index (χ2v) is 8.68. The number of rotatable bonds is 10. The summed E-state index contributed by atoms with van der Waals surface area (Å²) in [5.74, 6) is 0.0357. The summed E-state index contributed by atoms with van der Waals surface area (Å²) in [6, 6.07) is 9.40. The number of nitrogens with one attached hydrogen (secondary N) is 1. The van der Waals surface area contributed by atoms with Crippen LogP contribution in [0.15, 0.2) is 55.1 Å². The predicted octanol–water partition coefficient (Wildman–Crippen LogP) is 3.65. The minimum absolute atomic E-state index is 0.0897. The molecule has 1 N–H and O–H groups in total. The molecular formula is C21H25N3O6S. The number of ether oxygens (including phenoxy) is 1. The Balaban J connectivity index is 2.37. The van der Waals surface area contributed by atoms with Crippen molar-refractivity contribution in [1.82, 2.24) is 0 Å². The van der Waals surface area contributed by atoms with Gasteiger partial charge in [-0.25, -0.2) is 8.42 Å². The van der Waals surface area contributed by atoms with Crippen LogP contribution in [0.25, 0.3) is 0 Å². The number of hydrogen-bond donors (Lipinski definition) is 1. The van der Waals surface area contributed by atoms with Gasteiger partial charge in [-0.15, -0.1) is 0 Å². The quantitative estimate of drug-likeness (QED) is 0.337. The number of anilines is 2. The first-order valence-electron chi connectivity index (χ1n) is 9.47. The van der Waals surface area contributed by atoms with Gasteiger partial charge in [-0.2, -0.15) is 0 Å². The van der Waals surface area contributed by atoms with Gasteiger partial charge in [0.05, 0.1) is 16.9 Å². The van der Waals surface area contributed by atoms with Crippen molar-refractivity contribution in [2.24, 2.45) is 0 Å². The maximum absolute atomic E-state index is 13.0. The Labute approximate surface area is 181 Å². The lowest BCUT2D eigenvalue weighted by molar-refractivity contribution is -0.384. The second-order valence-electron chi connectivity index (χ2n) is 6.82. The van der Waals surface area contributed by atoms with Crippen molar-refractivity contribution >= 4 is 33.0 Å². The standard InChI is InChI=1S/C21H25N3O6S/c1-5-13-30-18-11-8-16(9-12-18)22-21(25)19(6-2)23(31(4,28)29)20-14-17(24(26)27)10-7-15(20)3/h5,7-12,14,19H,1,6,13H2,2-4H3,(H,22,25)/t19-/m1/s1. The molecule has 0 bridgehead atoms. The van der Waals surface area contributed by atoms with Gasteiger partial charge < -0.3 is 10.1 Å². The van der Waals surface area contributed by atoms with Gasteiger partial charge in [-0.1, -0.05) is 25.6 Å².